The van der Waals surface area contributed by atoms with E-state index in [0.717, 1.165) is 10.9 Å². The van der Waals surface area contributed by atoms with Crippen LogP contribution in [0.1, 0.15) is 0 Å². The van der Waals surface area contributed by atoms with Crippen molar-refractivity contribution in [2.75, 3.05) is 0 Å². The SMILES string of the molecule is O=c1oc2ccccc2cc1-c1nc(-c2ccccc2)n[nH]1. The third-order valence-corrected chi connectivity index (χ3v) is 3.41. The molecule has 0 saturated carbocycles. The summed E-state index contributed by atoms with van der Waals surface area (Å²) in [5.41, 5.74) is 1.37. The number of hydrogen-bond donors (Lipinski definition) is 1. The third kappa shape index (κ3) is 2.09. The van der Waals surface area contributed by atoms with Crippen molar-refractivity contribution >= 4 is 11.0 Å². The van der Waals surface area contributed by atoms with E-state index in [4.69, 9.17) is 4.42 Å². The zero-order valence-corrected chi connectivity index (χ0v) is 11.5. The van der Waals surface area contributed by atoms with Gasteiger partial charge >= 0.3 is 5.63 Å². The molecule has 0 aliphatic heterocycles. The molecule has 0 fully saturated rings. The Kier molecular flexibility index (Phi) is 2.83. The fourth-order valence-electron chi connectivity index (χ4n) is 2.33. The predicted molar refractivity (Wildman–Crippen MR) is 83.3 cm³/mol. The van der Waals surface area contributed by atoms with Crippen LogP contribution in [0, 0.1) is 0 Å². The number of aromatic amines is 1. The first kappa shape index (κ1) is 12.5. The van der Waals surface area contributed by atoms with Crippen molar-refractivity contribution in [2.24, 2.45) is 0 Å². The Morgan fingerprint density at radius 1 is 0.955 bits per heavy atom. The number of fused-ring (bicyclic) bond motifs is 1. The van der Waals surface area contributed by atoms with Gasteiger partial charge in [-0.15, -0.1) is 0 Å². The topological polar surface area (TPSA) is 71.8 Å². The van der Waals surface area contributed by atoms with Gasteiger partial charge < -0.3 is 4.42 Å². The van der Waals surface area contributed by atoms with Gasteiger partial charge in [-0.1, -0.05) is 48.5 Å². The Labute approximate surface area is 125 Å². The van der Waals surface area contributed by atoms with Crippen molar-refractivity contribution < 1.29 is 4.42 Å². The smallest absolute Gasteiger partial charge is 0.347 e. The maximum atomic E-state index is 12.1. The molecule has 2 aromatic heterocycles. The quantitative estimate of drug-likeness (QED) is 0.575. The van der Waals surface area contributed by atoms with E-state index in [1.54, 1.807) is 12.1 Å². The lowest BCUT2D eigenvalue weighted by Gasteiger charge is -1.98. The lowest BCUT2D eigenvalue weighted by Crippen LogP contribution is -2.03. The minimum absolute atomic E-state index is 0.369. The van der Waals surface area contributed by atoms with Gasteiger partial charge in [-0.05, 0) is 12.1 Å². The third-order valence-electron chi connectivity index (χ3n) is 3.41. The van der Waals surface area contributed by atoms with Crippen LogP contribution < -0.4 is 5.63 Å². The van der Waals surface area contributed by atoms with Gasteiger partial charge in [-0.25, -0.2) is 9.78 Å². The monoisotopic (exact) mass is 289 g/mol. The van der Waals surface area contributed by atoms with Gasteiger partial charge in [0.2, 0.25) is 0 Å². The van der Waals surface area contributed by atoms with E-state index < -0.39 is 5.63 Å². The summed E-state index contributed by atoms with van der Waals surface area (Å²) in [6, 6.07) is 18.7. The second-order valence-corrected chi connectivity index (χ2v) is 4.86. The van der Waals surface area contributed by atoms with E-state index in [2.05, 4.69) is 15.2 Å². The van der Waals surface area contributed by atoms with E-state index in [1.165, 1.54) is 0 Å². The van der Waals surface area contributed by atoms with Gasteiger partial charge in [-0.3, -0.25) is 5.10 Å². The maximum Gasteiger partial charge on any atom is 0.347 e. The van der Waals surface area contributed by atoms with Gasteiger partial charge in [0.25, 0.3) is 0 Å². The minimum Gasteiger partial charge on any atom is -0.422 e. The van der Waals surface area contributed by atoms with Crippen LogP contribution >= 0.6 is 0 Å². The molecule has 0 aliphatic rings. The van der Waals surface area contributed by atoms with Crippen LogP contribution in [0.15, 0.2) is 69.9 Å². The van der Waals surface area contributed by atoms with Gasteiger partial charge in [0.05, 0.1) is 0 Å². The molecule has 5 nitrogen and oxygen atoms in total. The molecule has 4 aromatic rings. The average Bonchev–Trinajstić information content (AvgIpc) is 3.05. The molecular weight excluding hydrogens is 278 g/mol. The number of nitrogens with one attached hydrogen (secondary N) is 1. The molecule has 0 aliphatic carbocycles. The number of benzene rings is 2. The highest BCUT2D eigenvalue weighted by molar-refractivity contribution is 5.80. The largest absolute Gasteiger partial charge is 0.422 e. The van der Waals surface area contributed by atoms with Crippen molar-refractivity contribution in [3.8, 4) is 22.8 Å². The molecule has 2 aromatic carbocycles. The Morgan fingerprint density at radius 3 is 2.59 bits per heavy atom. The summed E-state index contributed by atoms with van der Waals surface area (Å²) in [6.45, 7) is 0. The first-order valence-corrected chi connectivity index (χ1v) is 6.82. The van der Waals surface area contributed by atoms with Gasteiger partial charge in [-0.2, -0.15) is 5.10 Å². The van der Waals surface area contributed by atoms with Gasteiger partial charge in [0, 0.05) is 10.9 Å². The molecule has 1 N–H and O–H groups in total. The molecule has 0 unspecified atom stereocenters. The minimum atomic E-state index is -0.436. The normalized spacial score (nSPS) is 10.9. The van der Waals surface area contributed by atoms with Crippen molar-refractivity contribution in [3.05, 3.63) is 71.1 Å². The van der Waals surface area contributed by atoms with E-state index in [1.807, 2.05) is 48.5 Å². The molecule has 0 saturated heterocycles. The summed E-state index contributed by atoms with van der Waals surface area (Å²) < 4.78 is 5.32. The van der Waals surface area contributed by atoms with Crippen LogP contribution in [0.5, 0.6) is 0 Å². The van der Waals surface area contributed by atoms with Gasteiger partial charge in [0.15, 0.2) is 11.6 Å². The van der Waals surface area contributed by atoms with Crippen molar-refractivity contribution in [1.82, 2.24) is 15.2 Å². The van der Waals surface area contributed by atoms with Crippen LogP contribution in [0.2, 0.25) is 0 Å². The number of nitrogens with zero attached hydrogens (tertiary/aromatic N) is 2. The summed E-state index contributed by atoms with van der Waals surface area (Å²) in [5.74, 6) is 0.946. The molecule has 5 heteroatoms. The number of aromatic nitrogens is 3. The highest BCUT2D eigenvalue weighted by Gasteiger charge is 2.13. The van der Waals surface area contributed by atoms with E-state index in [0.29, 0.717) is 22.8 Å². The molecule has 0 amide bonds. The molecule has 0 radical (unpaired) electrons. The molecule has 0 bridgehead atoms. The lowest BCUT2D eigenvalue weighted by atomic mass is 10.2. The maximum absolute atomic E-state index is 12.1. The summed E-state index contributed by atoms with van der Waals surface area (Å²) >= 11 is 0. The Hall–Kier alpha value is -3.21. The highest BCUT2D eigenvalue weighted by Crippen LogP contribution is 2.20. The summed E-state index contributed by atoms with van der Waals surface area (Å²) in [6.07, 6.45) is 0. The van der Waals surface area contributed by atoms with Crippen LogP contribution in [0.4, 0.5) is 0 Å². The zero-order chi connectivity index (χ0) is 14.9. The molecule has 106 valence electrons. The lowest BCUT2D eigenvalue weighted by molar-refractivity contribution is 0.563. The highest BCUT2D eigenvalue weighted by atomic mass is 16.4. The van der Waals surface area contributed by atoms with Crippen molar-refractivity contribution in [1.29, 1.82) is 0 Å². The number of hydrogen-bond acceptors (Lipinski definition) is 4. The standard InChI is InChI=1S/C17H11N3O2/c21-17-13(10-12-8-4-5-9-14(12)22-17)16-18-15(19-20-16)11-6-2-1-3-7-11/h1-10H,(H,18,19,20). The molecule has 0 spiro atoms. The van der Waals surface area contributed by atoms with E-state index in [9.17, 15) is 4.79 Å². The second-order valence-electron chi connectivity index (χ2n) is 4.86. The first-order valence-electron chi connectivity index (χ1n) is 6.82. The van der Waals surface area contributed by atoms with Crippen LogP contribution in [-0.2, 0) is 0 Å². The Morgan fingerprint density at radius 2 is 1.73 bits per heavy atom. The molecule has 2 heterocycles. The fraction of sp³-hybridized carbons (Fsp3) is 0. The Bertz CT molecular complexity index is 1000. The predicted octanol–water partition coefficient (Wildman–Crippen LogP) is 3.25. The van der Waals surface area contributed by atoms with Crippen molar-refractivity contribution in [2.45, 2.75) is 0 Å². The molecule has 0 atom stereocenters. The van der Waals surface area contributed by atoms with Crippen molar-refractivity contribution in [3.63, 3.8) is 0 Å². The Balaban J connectivity index is 1.84. The average molecular weight is 289 g/mol. The molecule has 4 rings (SSSR count). The summed E-state index contributed by atoms with van der Waals surface area (Å²) in [7, 11) is 0. The van der Waals surface area contributed by atoms with Crippen LogP contribution in [-0.4, -0.2) is 15.2 Å². The van der Waals surface area contributed by atoms with Crippen LogP contribution in [0.25, 0.3) is 33.7 Å². The first-order chi connectivity index (χ1) is 10.8. The number of H-pyrrole nitrogens is 1. The van der Waals surface area contributed by atoms with E-state index >= 15 is 0 Å². The molecular formula is C17H11N3O2. The van der Waals surface area contributed by atoms with E-state index in [-0.39, 0.29) is 0 Å². The molecule has 22 heavy (non-hydrogen) atoms. The zero-order valence-electron chi connectivity index (χ0n) is 11.5. The number of rotatable bonds is 2. The number of para-hydroxylation sites is 1. The summed E-state index contributed by atoms with van der Waals surface area (Å²) in [5, 5.41) is 7.81. The second kappa shape index (κ2) is 4.96. The fourth-order valence-corrected chi connectivity index (χ4v) is 2.33. The van der Waals surface area contributed by atoms with Gasteiger partial charge in [0.1, 0.15) is 11.1 Å². The van der Waals surface area contributed by atoms with Crippen LogP contribution in [0.3, 0.4) is 0 Å². The summed E-state index contributed by atoms with van der Waals surface area (Å²) in [4.78, 5) is 16.5.